The molecule has 0 aliphatic rings. The van der Waals surface area contributed by atoms with Gasteiger partial charge in [-0.3, -0.25) is 0 Å². The van der Waals surface area contributed by atoms with Crippen LogP contribution in [0, 0.1) is 13.8 Å². The smallest absolute Gasteiger partial charge is 0.212 e. The number of hydrogen-bond acceptors (Lipinski definition) is 4. The second-order valence-electron chi connectivity index (χ2n) is 4.62. The van der Waals surface area contributed by atoms with E-state index in [2.05, 4.69) is 9.71 Å². The van der Waals surface area contributed by atoms with Crippen molar-refractivity contribution in [1.29, 1.82) is 0 Å². The van der Waals surface area contributed by atoms with Crippen LogP contribution < -0.4 is 4.72 Å². The van der Waals surface area contributed by atoms with Crippen molar-refractivity contribution in [2.75, 3.05) is 5.75 Å². The summed E-state index contributed by atoms with van der Waals surface area (Å²) in [6.45, 7) is 3.67. The number of aromatic nitrogens is 1. The van der Waals surface area contributed by atoms with Crippen LogP contribution in [-0.4, -0.2) is 19.2 Å². The minimum atomic E-state index is -3.32. The fourth-order valence-electron chi connectivity index (χ4n) is 1.88. The molecule has 0 aliphatic heterocycles. The minimum absolute atomic E-state index is 0.0587. The van der Waals surface area contributed by atoms with Crippen molar-refractivity contribution in [1.82, 2.24) is 9.71 Å². The highest BCUT2D eigenvalue weighted by Gasteiger charge is 2.13. The molecule has 0 atom stereocenters. The van der Waals surface area contributed by atoms with E-state index in [0.29, 0.717) is 23.8 Å². The van der Waals surface area contributed by atoms with Gasteiger partial charge in [0.25, 0.3) is 0 Å². The lowest BCUT2D eigenvalue weighted by Gasteiger charge is -2.05. The van der Waals surface area contributed by atoms with Crippen LogP contribution in [0.15, 0.2) is 34.7 Å². The number of benzene rings is 1. The Morgan fingerprint density at radius 2 is 1.90 bits per heavy atom. The molecule has 0 saturated carbocycles. The molecule has 2 rings (SSSR count). The number of rotatable bonds is 6. The quantitative estimate of drug-likeness (QED) is 0.884. The van der Waals surface area contributed by atoms with E-state index in [9.17, 15) is 8.42 Å². The van der Waals surface area contributed by atoms with Crippen LogP contribution >= 0.6 is 0 Å². The highest BCUT2D eigenvalue weighted by Crippen LogP contribution is 2.09. The summed E-state index contributed by atoms with van der Waals surface area (Å²) in [7, 11) is -3.32. The fraction of sp³-hybridized carbons (Fsp3) is 0.357. The SMILES string of the molecule is Cc1nc(C)c(CNS(=O)(=O)CCc2ccccc2)o1. The van der Waals surface area contributed by atoms with Crippen LogP contribution in [0.25, 0.3) is 0 Å². The van der Waals surface area contributed by atoms with Crippen molar-refractivity contribution in [2.24, 2.45) is 0 Å². The predicted octanol–water partition coefficient (Wildman–Crippen LogP) is 1.95. The lowest BCUT2D eigenvalue weighted by Crippen LogP contribution is -2.27. The van der Waals surface area contributed by atoms with E-state index in [1.807, 2.05) is 30.3 Å². The van der Waals surface area contributed by atoms with Crippen LogP contribution in [0.3, 0.4) is 0 Å². The lowest BCUT2D eigenvalue weighted by atomic mass is 10.2. The summed E-state index contributed by atoms with van der Waals surface area (Å²) in [5.41, 5.74) is 1.72. The fourth-order valence-corrected chi connectivity index (χ4v) is 2.88. The van der Waals surface area contributed by atoms with Gasteiger partial charge in [0.1, 0.15) is 5.76 Å². The maximum atomic E-state index is 11.9. The van der Waals surface area contributed by atoms with Crippen LogP contribution in [0.5, 0.6) is 0 Å². The van der Waals surface area contributed by atoms with Crippen LogP contribution in [0.4, 0.5) is 0 Å². The van der Waals surface area contributed by atoms with Gasteiger partial charge in [-0.25, -0.2) is 18.1 Å². The minimum Gasteiger partial charge on any atom is -0.444 e. The molecule has 0 amide bonds. The molecule has 0 spiro atoms. The van der Waals surface area contributed by atoms with Gasteiger partial charge in [-0.2, -0.15) is 0 Å². The van der Waals surface area contributed by atoms with E-state index in [4.69, 9.17) is 4.42 Å². The molecule has 20 heavy (non-hydrogen) atoms. The Balaban J connectivity index is 1.90. The molecule has 1 heterocycles. The third-order valence-electron chi connectivity index (χ3n) is 2.95. The Morgan fingerprint density at radius 3 is 2.50 bits per heavy atom. The molecular weight excluding hydrogens is 276 g/mol. The number of sulfonamides is 1. The third-order valence-corrected chi connectivity index (χ3v) is 4.28. The monoisotopic (exact) mass is 294 g/mol. The molecule has 0 radical (unpaired) electrons. The van der Waals surface area contributed by atoms with Gasteiger partial charge in [0, 0.05) is 6.92 Å². The summed E-state index contributed by atoms with van der Waals surface area (Å²) in [5, 5.41) is 0. The first-order valence-corrected chi connectivity index (χ1v) is 8.06. The highest BCUT2D eigenvalue weighted by molar-refractivity contribution is 7.89. The van der Waals surface area contributed by atoms with Crippen molar-refractivity contribution in [2.45, 2.75) is 26.8 Å². The molecule has 0 fully saturated rings. The topological polar surface area (TPSA) is 72.2 Å². The van der Waals surface area contributed by atoms with Gasteiger partial charge in [-0.15, -0.1) is 0 Å². The first kappa shape index (κ1) is 14.7. The first-order chi connectivity index (χ1) is 9.46. The van der Waals surface area contributed by atoms with Gasteiger partial charge in [0.15, 0.2) is 5.89 Å². The van der Waals surface area contributed by atoms with Gasteiger partial charge < -0.3 is 4.42 Å². The van der Waals surface area contributed by atoms with E-state index in [0.717, 1.165) is 5.56 Å². The zero-order valence-electron chi connectivity index (χ0n) is 11.6. The largest absolute Gasteiger partial charge is 0.444 e. The number of nitrogens with zero attached hydrogens (tertiary/aromatic N) is 1. The molecule has 0 saturated heterocycles. The highest BCUT2D eigenvalue weighted by atomic mass is 32.2. The van der Waals surface area contributed by atoms with Crippen LogP contribution in [0.2, 0.25) is 0 Å². The van der Waals surface area contributed by atoms with E-state index in [1.165, 1.54) is 0 Å². The Bertz CT molecular complexity index is 663. The van der Waals surface area contributed by atoms with Crippen molar-refractivity contribution < 1.29 is 12.8 Å². The van der Waals surface area contributed by atoms with Crippen molar-refractivity contribution in [3.8, 4) is 0 Å². The molecule has 1 aromatic heterocycles. The molecule has 1 aromatic carbocycles. The van der Waals surface area contributed by atoms with Gasteiger partial charge in [0.05, 0.1) is 18.0 Å². The molecule has 108 valence electrons. The number of oxazole rings is 1. The molecule has 0 bridgehead atoms. The first-order valence-electron chi connectivity index (χ1n) is 6.40. The van der Waals surface area contributed by atoms with Crippen LogP contribution in [-0.2, 0) is 23.0 Å². The van der Waals surface area contributed by atoms with Gasteiger partial charge in [-0.05, 0) is 18.9 Å². The zero-order valence-corrected chi connectivity index (χ0v) is 12.4. The molecular formula is C14H18N2O3S. The molecule has 5 nitrogen and oxygen atoms in total. The summed E-state index contributed by atoms with van der Waals surface area (Å²) in [5.74, 6) is 1.16. The second kappa shape index (κ2) is 6.19. The average Bonchev–Trinajstić information content (AvgIpc) is 2.74. The summed E-state index contributed by atoms with van der Waals surface area (Å²) < 4.78 is 31.7. The van der Waals surface area contributed by atoms with E-state index in [1.54, 1.807) is 13.8 Å². The van der Waals surface area contributed by atoms with E-state index < -0.39 is 10.0 Å². The normalized spacial score (nSPS) is 11.7. The predicted molar refractivity (Wildman–Crippen MR) is 76.7 cm³/mol. The molecule has 0 unspecified atom stereocenters. The number of hydrogen-bond donors (Lipinski definition) is 1. The van der Waals surface area contributed by atoms with Gasteiger partial charge >= 0.3 is 0 Å². The molecule has 1 N–H and O–H groups in total. The molecule has 0 aliphatic carbocycles. The van der Waals surface area contributed by atoms with E-state index >= 15 is 0 Å². The standard InChI is InChI=1S/C14H18N2O3S/c1-11-14(19-12(2)16-11)10-15-20(17,18)9-8-13-6-4-3-5-7-13/h3-7,15H,8-10H2,1-2H3. The lowest BCUT2D eigenvalue weighted by molar-refractivity contribution is 0.466. The van der Waals surface area contributed by atoms with E-state index in [-0.39, 0.29) is 12.3 Å². The van der Waals surface area contributed by atoms with Crippen LogP contribution in [0.1, 0.15) is 22.9 Å². The Kier molecular flexibility index (Phi) is 4.57. The van der Waals surface area contributed by atoms with Crippen molar-refractivity contribution in [3.63, 3.8) is 0 Å². The third kappa shape index (κ3) is 4.18. The Morgan fingerprint density at radius 1 is 1.20 bits per heavy atom. The summed E-state index contributed by atoms with van der Waals surface area (Å²) in [4.78, 5) is 4.10. The molecule has 2 aromatic rings. The number of aryl methyl sites for hydroxylation is 3. The maximum Gasteiger partial charge on any atom is 0.212 e. The number of nitrogens with one attached hydrogen (secondary N) is 1. The average molecular weight is 294 g/mol. The Hall–Kier alpha value is -1.66. The maximum absolute atomic E-state index is 11.9. The Labute approximate surface area is 119 Å². The van der Waals surface area contributed by atoms with Crippen molar-refractivity contribution in [3.05, 3.63) is 53.2 Å². The summed E-state index contributed by atoms with van der Waals surface area (Å²) >= 11 is 0. The van der Waals surface area contributed by atoms with Crippen molar-refractivity contribution >= 4 is 10.0 Å². The molecule has 6 heteroatoms. The zero-order chi connectivity index (χ0) is 14.6. The van der Waals surface area contributed by atoms with Gasteiger partial charge in [0.2, 0.25) is 10.0 Å². The second-order valence-corrected chi connectivity index (χ2v) is 6.54. The summed E-state index contributed by atoms with van der Waals surface area (Å²) in [6, 6.07) is 9.54. The summed E-state index contributed by atoms with van der Waals surface area (Å²) in [6.07, 6.45) is 0.491. The van der Waals surface area contributed by atoms with Gasteiger partial charge in [-0.1, -0.05) is 30.3 Å².